The smallest absolute Gasteiger partial charge is 0.254 e. The van der Waals surface area contributed by atoms with Crippen molar-refractivity contribution in [3.8, 4) is 5.75 Å². The van der Waals surface area contributed by atoms with E-state index in [9.17, 15) is 9.90 Å². The molecule has 0 spiro atoms. The van der Waals surface area contributed by atoms with Gasteiger partial charge in [-0.1, -0.05) is 6.07 Å². The normalized spacial score (nSPS) is 14.9. The van der Waals surface area contributed by atoms with Crippen molar-refractivity contribution in [1.82, 2.24) is 14.9 Å². The number of phenols is 1. The number of phenolic OH excluding ortho intramolecular Hbond substituents is 1. The number of hydrogen-bond donors (Lipinski definition) is 1. The Kier molecular flexibility index (Phi) is 4.14. The summed E-state index contributed by atoms with van der Waals surface area (Å²) in [4.78, 5) is 25.4. The molecule has 1 saturated heterocycles. The van der Waals surface area contributed by atoms with Crippen LogP contribution in [0.25, 0.3) is 0 Å². The summed E-state index contributed by atoms with van der Waals surface area (Å²) >= 11 is 0. The van der Waals surface area contributed by atoms with Gasteiger partial charge in [0.25, 0.3) is 5.91 Å². The summed E-state index contributed by atoms with van der Waals surface area (Å²) in [6.07, 6.45) is 1.76. The molecule has 23 heavy (non-hydrogen) atoms. The summed E-state index contributed by atoms with van der Waals surface area (Å²) < 4.78 is 0. The van der Waals surface area contributed by atoms with Crippen LogP contribution in [-0.4, -0.2) is 52.1 Å². The monoisotopic (exact) mass is 312 g/mol. The van der Waals surface area contributed by atoms with E-state index in [-0.39, 0.29) is 11.7 Å². The van der Waals surface area contributed by atoms with Gasteiger partial charge in [0.05, 0.1) is 11.4 Å². The number of anilines is 1. The Morgan fingerprint density at radius 3 is 2.61 bits per heavy atom. The highest BCUT2D eigenvalue weighted by Gasteiger charge is 2.24. The zero-order valence-corrected chi connectivity index (χ0v) is 13.4. The molecule has 1 aromatic heterocycles. The standard InChI is InChI=1S/C17H20N4O2/c1-12-11-18-13(2)16(19-12)20-6-8-21(9-7-20)17(23)14-4-3-5-15(22)10-14/h3-5,10-11,22H,6-9H2,1-2H3. The van der Waals surface area contributed by atoms with Gasteiger partial charge in [0.1, 0.15) is 11.6 Å². The maximum absolute atomic E-state index is 12.5. The molecule has 0 atom stereocenters. The molecule has 0 saturated carbocycles. The molecule has 1 aliphatic rings. The fraction of sp³-hybridized carbons (Fsp3) is 0.353. The third-order valence-corrected chi connectivity index (χ3v) is 4.01. The van der Waals surface area contributed by atoms with Crippen LogP contribution in [0.1, 0.15) is 21.7 Å². The first-order chi connectivity index (χ1) is 11.0. The molecule has 2 aromatic rings. The molecule has 0 aliphatic carbocycles. The highest BCUT2D eigenvalue weighted by molar-refractivity contribution is 5.94. The molecule has 6 heteroatoms. The molecule has 120 valence electrons. The summed E-state index contributed by atoms with van der Waals surface area (Å²) in [7, 11) is 0. The zero-order chi connectivity index (χ0) is 16.4. The summed E-state index contributed by atoms with van der Waals surface area (Å²) in [5.74, 6) is 0.960. The molecule has 2 heterocycles. The van der Waals surface area contributed by atoms with Crippen LogP contribution in [-0.2, 0) is 0 Å². The second-order valence-electron chi connectivity index (χ2n) is 5.75. The van der Waals surface area contributed by atoms with Crippen LogP contribution in [0.3, 0.4) is 0 Å². The Morgan fingerprint density at radius 2 is 1.91 bits per heavy atom. The summed E-state index contributed by atoms with van der Waals surface area (Å²) in [5, 5.41) is 9.51. The Labute approximate surface area is 135 Å². The molecule has 1 aliphatic heterocycles. The molecule has 1 aromatic carbocycles. The first-order valence-electron chi connectivity index (χ1n) is 7.68. The van der Waals surface area contributed by atoms with Gasteiger partial charge in [0.15, 0.2) is 0 Å². The van der Waals surface area contributed by atoms with E-state index in [1.807, 2.05) is 18.7 Å². The van der Waals surface area contributed by atoms with Gasteiger partial charge in [-0.05, 0) is 32.0 Å². The van der Waals surface area contributed by atoms with E-state index in [0.717, 1.165) is 30.3 Å². The first kappa shape index (κ1) is 15.3. The minimum absolute atomic E-state index is 0.0485. The fourth-order valence-corrected chi connectivity index (χ4v) is 2.77. The summed E-state index contributed by atoms with van der Waals surface area (Å²) in [6.45, 7) is 6.59. The Morgan fingerprint density at radius 1 is 1.17 bits per heavy atom. The maximum Gasteiger partial charge on any atom is 0.254 e. The van der Waals surface area contributed by atoms with Crippen molar-refractivity contribution in [3.63, 3.8) is 0 Å². The Balaban J connectivity index is 1.69. The van der Waals surface area contributed by atoms with Crippen LogP contribution in [0, 0.1) is 13.8 Å². The molecular weight excluding hydrogens is 292 g/mol. The number of carbonyl (C=O) groups is 1. The summed E-state index contributed by atoms with van der Waals surface area (Å²) in [6, 6.07) is 6.48. The van der Waals surface area contributed by atoms with Crippen molar-refractivity contribution in [2.24, 2.45) is 0 Å². The average Bonchev–Trinajstić information content (AvgIpc) is 2.56. The lowest BCUT2D eigenvalue weighted by atomic mass is 10.1. The molecular formula is C17H20N4O2. The molecule has 1 fully saturated rings. The average molecular weight is 312 g/mol. The van der Waals surface area contributed by atoms with Crippen molar-refractivity contribution < 1.29 is 9.90 Å². The quantitative estimate of drug-likeness (QED) is 0.915. The Hall–Kier alpha value is -2.63. The first-order valence-corrected chi connectivity index (χ1v) is 7.68. The van der Waals surface area contributed by atoms with E-state index in [1.54, 1.807) is 24.4 Å². The molecule has 1 amide bonds. The van der Waals surface area contributed by atoms with Gasteiger partial charge in [-0.15, -0.1) is 0 Å². The predicted octanol–water partition coefficient (Wildman–Crippen LogP) is 1.76. The molecule has 3 rings (SSSR count). The van der Waals surface area contributed by atoms with Crippen molar-refractivity contribution >= 4 is 11.7 Å². The number of carbonyl (C=O) groups excluding carboxylic acids is 1. The van der Waals surface area contributed by atoms with Gasteiger partial charge in [0, 0.05) is 37.9 Å². The van der Waals surface area contributed by atoms with Gasteiger partial charge in [-0.2, -0.15) is 0 Å². The SMILES string of the molecule is Cc1cnc(C)c(N2CCN(C(=O)c3cccc(O)c3)CC2)n1. The zero-order valence-electron chi connectivity index (χ0n) is 13.4. The number of amides is 1. The number of rotatable bonds is 2. The third kappa shape index (κ3) is 3.26. The summed E-state index contributed by atoms with van der Waals surface area (Å²) in [5.41, 5.74) is 2.32. The third-order valence-electron chi connectivity index (χ3n) is 4.01. The number of aromatic hydroxyl groups is 1. The van der Waals surface area contributed by atoms with Gasteiger partial charge in [0.2, 0.25) is 0 Å². The molecule has 0 unspecified atom stereocenters. The minimum atomic E-state index is -0.0485. The Bertz CT molecular complexity index is 724. The highest BCUT2D eigenvalue weighted by atomic mass is 16.3. The van der Waals surface area contributed by atoms with E-state index in [1.165, 1.54) is 6.07 Å². The van der Waals surface area contributed by atoms with Crippen molar-refractivity contribution in [2.75, 3.05) is 31.1 Å². The van der Waals surface area contributed by atoms with Crippen LogP contribution in [0.2, 0.25) is 0 Å². The minimum Gasteiger partial charge on any atom is -0.508 e. The molecule has 1 N–H and O–H groups in total. The highest BCUT2D eigenvalue weighted by Crippen LogP contribution is 2.19. The number of benzene rings is 1. The lowest BCUT2D eigenvalue weighted by Gasteiger charge is -2.36. The second kappa shape index (κ2) is 6.24. The van der Waals surface area contributed by atoms with E-state index in [4.69, 9.17) is 0 Å². The number of nitrogens with zero attached hydrogens (tertiary/aromatic N) is 4. The molecule has 0 radical (unpaired) electrons. The van der Waals surface area contributed by atoms with E-state index < -0.39 is 0 Å². The maximum atomic E-state index is 12.5. The van der Waals surface area contributed by atoms with E-state index in [2.05, 4.69) is 14.9 Å². The number of aryl methyl sites for hydroxylation is 2. The number of hydrogen-bond acceptors (Lipinski definition) is 5. The lowest BCUT2D eigenvalue weighted by molar-refractivity contribution is 0.0746. The number of piperazine rings is 1. The lowest BCUT2D eigenvalue weighted by Crippen LogP contribution is -2.49. The fourth-order valence-electron chi connectivity index (χ4n) is 2.77. The van der Waals surface area contributed by atoms with Crippen molar-refractivity contribution in [2.45, 2.75) is 13.8 Å². The van der Waals surface area contributed by atoms with Gasteiger partial charge >= 0.3 is 0 Å². The number of aromatic nitrogens is 2. The molecule has 0 bridgehead atoms. The van der Waals surface area contributed by atoms with Gasteiger partial charge < -0.3 is 14.9 Å². The predicted molar refractivity (Wildman–Crippen MR) is 87.7 cm³/mol. The largest absolute Gasteiger partial charge is 0.508 e. The van der Waals surface area contributed by atoms with Crippen LogP contribution in [0.15, 0.2) is 30.5 Å². The molecule has 6 nitrogen and oxygen atoms in total. The topological polar surface area (TPSA) is 69.6 Å². The van der Waals surface area contributed by atoms with E-state index in [0.29, 0.717) is 18.7 Å². The van der Waals surface area contributed by atoms with Crippen LogP contribution >= 0.6 is 0 Å². The van der Waals surface area contributed by atoms with Crippen LogP contribution in [0.5, 0.6) is 5.75 Å². The van der Waals surface area contributed by atoms with Gasteiger partial charge in [-0.25, -0.2) is 4.98 Å². The van der Waals surface area contributed by atoms with Crippen molar-refractivity contribution in [1.29, 1.82) is 0 Å². The van der Waals surface area contributed by atoms with Crippen LogP contribution in [0.4, 0.5) is 5.82 Å². The van der Waals surface area contributed by atoms with Gasteiger partial charge in [-0.3, -0.25) is 9.78 Å². The van der Waals surface area contributed by atoms with Crippen molar-refractivity contribution in [3.05, 3.63) is 47.4 Å². The van der Waals surface area contributed by atoms with Crippen LogP contribution < -0.4 is 4.90 Å². The van der Waals surface area contributed by atoms with E-state index >= 15 is 0 Å². The second-order valence-corrected chi connectivity index (χ2v) is 5.75.